The minimum Gasteiger partial charge on any atom is -0.457 e. The fourth-order valence-corrected chi connectivity index (χ4v) is 2.45. The van der Waals surface area contributed by atoms with Gasteiger partial charge in [0.25, 0.3) is 12.5 Å². The van der Waals surface area contributed by atoms with Gasteiger partial charge in [0.1, 0.15) is 25.4 Å². The van der Waals surface area contributed by atoms with E-state index in [-0.39, 0.29) is 39.3 Å². The Bertz CT molecular complexity index is 492. The van der Waals surface area contributed by atoms with E-state index in [2.05, 4.69) is 9.47 Å². The molecule has 10 nitrogen and oxygen atoms in total. The predicted octanol–water partition coefficient (Wildman–Crippen LogP) is -0.617. The van der Waals surface area contributed by atoms with Crippen LogP contribution >= 0.6 is 0 Å². The van der Waals surface area contributed by atoms with Crippen molar-refractivity contribution in [2.24, 2.45) is 0 Å². The average Bonchev–Trinajstić information content (AvgIpc) is 3.12. The third-order valence-corrected chi connectivity index (χ3v) is 3.47. The van der Waals surface area contributed by atoms with Gasteiger partial charge in [-0.1, -0.05) is 0 Å². The molecule has 0 aromatic carbocycles. The van der Waals surface area contributed by atoms with E-state index < -0.39 is 36.4 Å². The van der Waals surface area contributed by atoms with Crippen LogP contribution in [0.1, 0.15) is 12.8 Å². The van der Waals surface area contributed by atoms with Gasteiger partial charge in [0.15, 0.2) is 12.2 Å². The second-order valence-electron chi connectivity index (χ2n) is 5.03. The minimum atomic E-state index is -0.602. The Morgan fingerprint density at radius 3 is 1.67 bits per heavy atom. The van der Waals surface area contributed by atoms with Gasteiger partial charge < -0.3 is 28.4 Å². The molecule has 24 heavy (non-hydrogen) atoms. The van der Waals surface area contributed by atoms with E-state index in [1.165, 1.54) is 12.5 Å². The maximum atomic E-state index is 11.6. The van der Waals surface area contributed by atoms with Crippen molar-refractivity contribution in [2.75, 3.05) is 26.4 Å². The zero-order valence-corrected chi connectivity index (χ0v) is 12.7. The molecule has 0 aliphatic carbocycles. The summed E-state index contributed by atoms with van der Waals surface area (Å²) in [5, 5.41) is 16.5. The number of fused-ring (bicyclic) bond motifs is 1. The number of carbonyl (C=O) groups is 2. The van der Waals surface area contributed by atoms with Gasteiger partial charge in [-0.05, 0) is 0 Å². The Morgan fingerprint density at radius 2 is 1.29 bits per heavy atom. The van der Waals surface area contributed by atoms with E-state index >= 15 is 0 Å². The molecule has 2 aliphatic rings. The Kier molecular flexibility index (Phi) is 6.61. The number of nitrogens with zero attached hydrogens (tertiary/aromatic N) is 2. The highest BCUT2D eigenvalue weighted by Gasteiger charge is 2.51. The van der Waals surface area contributed by atoms with Crippen LogP contribution in [-0.4, -0.2) is 62.8 Å². The van der Waals surface area contributed by atoms with E-state index in [0.29, 0.717) is 0 Å². The van der Waals surface area contributed by atoms with E-state index in [9.17, 15) is 9.59 Å². The zero-order chi connectivity index (χ0) is 17.4. The third kappa shape index (κ3) is 4.72. The van der Waals surface area contributed by atoms with Gasteiger partial charge in [0.05, 0.1) is 26.1 Å². The molecule has 0 amide bonds. The maximum Gasteiger partial charge on any atom is 0.309 e. The third-order valence-electron chi connectivity index (χ3n) is 3.47. The summed E-state index contributed by atoms with van der Waals surface area (Å²) in [6, 6.07) is 0. The lowest BCUT2D eigenvalue weighted by Crippen LogP contribution is -2.36. The SMILES string of the molecule is N#COCCC(=O)O[C@H]1CO[C@H]2[C@@H]1OC[C@H]2OC(=O)CCOC#N. The first-order chi connectivity index (χ1) is 11.7. The van der Waals surface area contributed by atoms with Crippen molar-refractivity contribution in [1.29, 1.82) is 10.5 Å². The molecule has 2 aliphatic heterocycles. The molecule has 2 saturated heterocycles. The maximum absolute atomic E-state index is 11.6. The molecular formula is C14H16N2O8. The highest BCUT2D eigenvalue weighted by atomic mass is 16.7. The molecule has 0 spiro atoms. The van der Waals surface area contributed by atoms with Crippen LogP contribution in [0, 0.1) is 23.0 Å². The van der Waals surface area contributed by atoms with Crippen molar-refractivity contribution in [3.8, 4) is 12.5 Å². The second kappa shape index (κ2) is 8.91. The number of rotatable bonds is 8. The molecule has 0 aromatic rings. The molecule has 0 bridgehead atoms. The van der Waals surface area contributed by atoms with Gasteiger partial charge in [-0.15, -0.1) is 0 Å². The van der Waals surface area contributed by atoms with Crippen molar-refractivity contribution in [3.63, 3.8) is 0 Å². The number of esters is 2. The molecule has 130 valence electrons. The lowest BCUT2D eigenvalue weighted by molar-refractivity contribution is -0.156. The van der Waals surface area contributed by atoms with Gasteiger partial charge in [-0.3, -0.25) is 9.59 Å². The first-order valence-electron chi connectivity index (χ1n) is 7.29. The largest absolute Gasteiger partial charge is 0.457 e. The molecule has 2 heterocycles. The molecule has 0 aromatic heterocycles. The molecular weight excluding hydrogens is 324 g/mol. The van der Waals surface area contributed by atoms with Crippen LogP contribution in [-0.2, 0) is 38.0 Å². The molecule has 0 unspecified atom stereocenters. The van der Waals surface area contributed by atoms with Crippen LogP contribution in [0.15, 0.2) is 0 Å². The summed E-state index contributed by atoms with van der Waals surface area (Å²) in [5.74, 6) is -1.06. The smallest absolute Gasteiger partial charge is 0.309 e. The normalized spacial score (nSPS) is 27.4. The fraction of sp³-hybridized carbons (Fsp3) is 0.714. The topological polar surface area (TPSA) is 137 Å². The van der Waals surface area contributed by atoms with Crippen LogP contribution in [0.2, 0.25) is 0 Å². The van der Waals surface area contributed by atoms with Gasteiger partial charge in [0.2, 0.25) is 0 Å². The Balaban J connectivity index is 1.75. The lowest BCUT2D eigenvalue weighted by atomic mass is 10.1. The van der Waals surface area contributed by atoms with Crippen molar-refractivity contribution in [3.05, 3.63) is 0 Å². The Morgan fingerprint density at radius 1 is 0.875 bits per heavy atom. The highest BCUT2D eigenvalue weighted by molar-refractivity contribution is 5.70. The zero-order valence-electron chi connectivity index (χ0n) is 12.7. The Hall–Kier alpha value is -2.56. The number of hydrogen-bond acceptors (Lipinski definition) is 10. The van der Waals surface area contributed by atoms with Gasteiger partial charge in [-0.2, -0.15) is 10.5 Å². The summed E-state index contributed by atoms with van der Waals surface area (Å²) in [6.07, 6.45) is 0.581. The summed E-state index contributed by atoms with van der Waals surface area (Å²) < 4.78 is 30.3. The van der Waals surface area contributed by atoms with Gasteiger partial charge in [-0.25, -0.2) is 0 Å². The van der Waals surface area contributed by atoms with E-state index in [1.807, 2.05) is 0 Å². The molecule has 2 rings (SSSR count). The van der Waals surface area contributed by atoms with Crippen LogP contribution in [0.4, 0.5) is 0 Å². The fourth-order valence-electron chi connectivity index (χ4n) is 2.45. The van der Waals surface area contributed by atoms with Gasteiger partial charge in [0, 0.05) is 0 Å². The summed E-state index contributed by atoms with van der Waals surface area (Å²) in [6.45, 7) is 0.156. The lowest BCUT2D eigenvalue weighted by Gasteiger charge is -2.17. The van der Waals surface area contributed by atoms with E-state index in [1.54, 1.807) is 0 Å². The van der Waals surface area contributed by atoms with Crippen LogP contribution in [0.25, 0.3) is 0 Å². The summed E-state index contributed by atoms with van der Waals surface area (Å²) >= 11 is 0. The first-order valence-corrected chi connectivity index (χ1v) is 7.29. The Labute approximate surface area is 137 Å². The van der Waals surface area contributed by atoms with Crippen molar-refractivity contribution >= 4 is 11.9 Å². The van der Waals surface area contributed by atoms with Crippen LogP contribution in [0.5, 0.6) is 0 Å². The van der Waals surface area contributed by atoms with Crippen molar-refractivity contribution in [1.82, 2.24) is 0 Å². The quantitative estimate of drug-likeness (QED) is 0.319. The summed E-state index contributed by atoms with van der Waals surface area (Å²) in [4.78, 5) is 23.2. The molecule has 10 heteroatoms. The molecule has 2 fully saturated rings. The first kappa shape index (κ1) is 17.8. The van der Waals surface area contributed by atoms with Crippen LogP contribution in [0.3, 0.4) is 0 Å². The summed E-state index contributed by atoms with van der Waals surface area (Å²) in [7, 11) is 0. The highest BCUT2D eigenvalue weighted by Crippen LogP contribution is 2.30. The predicted molar refractivity (Wildman–Crippen MR) is 71.6 cm³/mol. The standard InChI is InChI=1S/C14H16N2O8/c15-7-19-3-1-11(17)23-9-5-21-14-10(6-22-13(9)14)24-12(18)2-4-20-8-16/h9-10,13-14H,1-6H2/t9-,10+,13-,14-/m1/s1. The summed E-state index contributed by atoms with van der Waals surface area (Å²) in [5.41, 5.74) is 0. The van der Waals surface area contributed by atoms with Gasteiger partial charge >= 0.3 is 11.9 Å². The minimum absolute atomic E-state index is 0.0527. The number of hydrogen-bond donors (Lipinski definition) is 0. The molecule has 4 atom stereocenters. The second-order valence-corrected chi connectivity index (χ2v) is 5.03. The number of nitriles is 2. The molecule has 0 saturated carbocycles. The van der Waals surface area contributed by atoms with E-state index in [4.69, 9.17) is 29.5 Å². The van der Waals surface area contributed by atoms with Crippen molar-refractivity contribution in [2.45, 2.75) is 37.3 Å². The average molecular weight is 340 g/mol. The van der Waals surface area contributed by atoms with E-state index in [0.717, 1.165) is 0 Å². The number of ether oxygens (including phenoxy) is 6. The molecule has 0 N–H and O–H groups in total. The monoisotopic (exact) mass is 340 g/mol. The van der Waals surface area contributed by atoms with Crippen molar-refractivity contribution < 1.29 is 38.0 Å². The number of carbonyl (C=O) groups excluding carboxylic acids is 2. The molecule has 0 radical (unpaired) electrons. The van der Waals surface area contributed by atoms with Crippen LogP contribution < -0.4 is 0 Å².